The van der Waals surface area contributed by atoms with Crippen molar-refractivity contribution in [3.8, 4) is 0 Å². The number of carboxylic acid groups (broad SMARTS) is 1. The molecule has 1 N–H and O–H groups in total. The molecule has 0 saturated carbocycles. The molecule has 2 fully saturated rings. The summed E-state index contributed by atoms with van der Waals surface area (Å²) in [5, 5.41) is 11.2. The lowest BCUT2D eigenvalue weighted by molar-refractivity contribution is -0.961. The molecule has 0 spiro atoms. The largest absolute Gasteiger partial charge is 1.00 e. The number of piperidine rings is 1. The summed E-state index contributed by atoms with van der Waals surface area (Å²) >= 11 is 0. The first-order valence-electron chi connectivity index (χ1n) is 9.89. The van der Waals surface area contributed by atoms with Gasteiger partial charge in [-0.3, -0.25) is 0 Å². The number of nitrogens with zero attached hydrogens (tertiary/aromatic N) is 1. The molecule has 0 aromatic heterocycles. The van der Waals surface area contributed by atoms with E-state index in [0.29, 0.717) is 12.1 Å². The first-order chi connectivity index (χ1) is 13.5. The molecule has 2 aromatic rings. The Morgan fingerprint density at radius 2 is 1.72 bits per heavy atom. The van der Waals surface area contributed by atoms with Crippen LogP contribution in [0.15, 0.2) is 54.6 Å². The number of carbonyl (C=O) groups excluding carboxylic acids is 1. The molecule has 29 heavy (non-hydrogen) atoms. The Morgan fingerprint density at radius 3 is 2.41 bits per heavy atom. The second-order valence-corrected chi connectivity index (χ2v) is 8.23. The van der Waals surface area contributed by atoms with E-state index in [-0.39, 0.29) is 18.5 Å². The summed E-state index contributed by atoms with van der Waals surface area (Å²) < 4.78 is 6.53. The number of hydrogen-bond donors (Lipinski definition) is 1. The summed E-state index contributed by atoms with van der Waals surface area (Å²) in [6, 6.07) is 16.0. The van der Waals surface area contributed by atoms with Crippen LogP contribution in [-0.4, -0.2) is 46.8 Å². The number of quaternary nitrogens is 1. The van der Waals surface area contributed by atoms with E-state index in [1.165, 1.54) is 16.3 Å². The van der Waals surface area contributed by atoms with Gasteiger partial charge in [-0.1, -0.05) is 42.5 Å². The van der Waals surface area contributed by atoms with Crippen LogP contribution >= 0.6 is 0 Å². The molecule has 5 nitrogen and oxygen atoms in total. The monoisotopic (exact) mass is 415 g/mol. The van der Waals surface area contributed by atoms with Crippen LogP contribution in [0, 0.1) is 0 Å². The fourth-order valence-electron chi connectivity index (χ4n) is 5.19. The summed E-state index contributed by atoms with van der Waals surface area (Å²) in [7, 11) is 2.34. The molecule has 0 aliphatic carbocycles. The Hall–Kier alpha value is -2.37. The highest BCUT2D eigenvalue weighted by Gasteiger charge is 2.52. The van der Waals surface area contributed by atoms with E-state index >= 15 is 0 Å². The van der Waals surface area contributed by atoms with Crippen LogP contribution in [-0.2, 0) is 20.9 Å². The smallest absolute Gasteiger partial charge is 0.331 e. The van der Waals surface area contributed by atoms with Gasteiger partial charge >= 0.3 is 11.9 Å². The van der Waals surface area contributed by atoms with Crippen molar-refractivity contribution in [3.05, 3.63) is 60.2 Å². The van der Waals surface area contributed by atoms with E-state index in [1.807, 2.05) is 0 Å². The van der Waals surface area contributed by atoms with Gasteiger partial charge in [0.05, 0.1) is 19.1 Å². The molecule has 6 heteroatoms. The molecule has 4 rings (SSSR count). The minimum atomic E-state index is -1.14. The normalized spacial score (nSPS) is 28.2. The van der Waals surface area contributed by atoms with Crippen LogP contribution in [0.5, 0.6) is 0 Å². The average molecular weight is 416 g/mol. The third-order valence-electron chi connectivity index (χ3n) is 6.61. The van der Waals surface area contributed by atoms with Gasteiger partial charge < -0.3 is 26.7 Å². The SMILES string of the molecule is C[N+]1(Cc2cccc3ccccc23)[C@@H]2CC[C@H]1CC(OC(=O)/C=C\C(=O)O)C2.[Cl-]. The summed E-state index contributed by atoms with van der Waals surface area (Å²) in [5.41, 5.74) is 1.37. The summed E-state index contributed by atoms with van der Waals surface area (Å²) in [6.07, 6.45) is 5.68. The van der Waals surface area contributed by atoms with Crippen LogP contribution in [0.3, 0.4) is 0 Å². The van der Waals surface area contributed by atoms with E-state index < -0.39 is 11.9 Å². The zero-order valence-corrected chi connectivity index (χ0v) is 17.2. The van der Waals surface area contributed by atoms with E-state index in [2.05, 4.69) is 49.5 Å². The lowest BCUT2D eigenvalue weighted by atomic mass is 9.94. The van der Waals surface area contributed by atoms with Gasteiger partial charge in [-0.2, -0.15) is 0 Å². The standard InChI is InChI=1S/C23H25NO4.ClH/c1-24(15-17-7-4-6-16-5-2-3-8-21(16)17)18-9-10-19(24)14-20(13-18)28-23(27)12-11-22(25)26;/h2-8,11-12,18-20H,9-10,13-15H2,1H3;1H/b12-11-;/t18-,19+,20?,24?;. The molecule has 2 aliphatic heterocycles. The Labute approximate surface area is 177 Å². The van der Waals surface area contributed by atoms with Gasteiger partial charge in [-0.25, -0.2) is 9.59 Å². The molecule has 2 bridgehead atoms. The maximum Gasteiger partial charge on any atom is 0.331 e. The van der Waals surface area contributed by atoms with Crippen LogP contribution < -0.4 is 12.4 Å². The van der Waals surface area contributed by atoms with Crippen molar-refractivity contribution < 1.29 is 36.3 Å². The summed E-state index contributed by atoms with van der Waals surface area (Å²) in [4.78, 5) is 22.4. The number of carboxylic acids is 1. The van der Waals surface area contributed by atoms with Gasteiger partial charge in [-0.05, 0) is 10.8 Å². The van der Waals surface area contributed by atoms with Crippen LogP contribution in [0.4, 0.5) is 0 Å². The van der Waals surface area contributed by atoms with E-state index in [1.54, 1.807) is 0 Å². The number of halogens is 1. The predicted molar refractivity (Wildman–Crippen MR) is 107 cm³/mol. The molecule has 4 atom stereocenters. The Balaban J connectivity index is 0.00000240. The quantitative estimate of drug-likeness (QED) is 0.443. The topological polar surface area (TPSA) is 63.6 Å². The molecule has 0 amide bonds. The number of carbonyl (C=O) groups is 2. The number of fused-ring (bicyclic) bond motifs is 3. The van der Waals surface area contributed by atoms with E-state index in [4.69, 9.17) is 9.84 Å². The third kappa shape index (κ3) is 4.31. The van der Waals surface area contributed by atoms with Crippen molar-refractivity contribution in [1.82, 2.24) is 0 Å². The molecule has 0 radical (unpaired) electrons. The van der Waals surface area contributed by atoms with Gasteiger partial charge in [0, 0.05) is 43.4 Å². The number of rotatable bonds is 5. The highest BCUT2D eigenvalue weighted by Crippen LogP contribution is 2.44. The van der Waals surface area contributed by atoms with Crippen LogP contribution in [0.1, 0.15) is 31.2 Å². The lowest BCUT2D eigenvalue weighted by Gasteiger charge is -2.47. The fourth-order valence-corrected chi connectivity index (χ4v) is 5.19. The molecule has 2 saturated heterocycles. The van der Waals surface area contributed by atoms with Gasteiger partial charge in [0.25, 0.3) is 0 Å². The highest BCUT2D eigenvalue weighted by atomic mass is 35.5. The Morgan fingerprint density at radius 1 is 1.07 bits per heavy atom. The van der Waals surface area contributed by atoms with Crippen molar-refractivity contribution in [2.75, 3.05) is 7.05 Å². The highest BCUT2D eigenvalue weighted by molar-refractivity contribution is 5.90. The number of aliphatic carboxylic acids is 1. The zero-order valence-electron chi connectivity index (χ0n) is 16.5. The zero-order chi connectivity index (χ0) is 19.7. The molecular weight excluding hydrogens is 390 g/mol. The van der Waals surface area contributed by atoms with Crippen LogP contribution in [0.2, 0.25) is 0 Å². The molecular formula is C23H26ClNO4. The van der Waals surface area contributed by atoms with Crippen molar-refractivity contribution in [2.24, 2.45) is 0 Å². The number of hydrogen-bond acceptors (Lipinski definition) is 3. The molecule has 2 unspecified atom stereocenters. The van der Waals surface area contributed by atoms with Crippen molar-refractivity contribution in [1.29, 1.82) is 0 Å². The molecule has 154 valence electrons. The van der Waals surface area contributed by atoms with E-state index in [9.17, 15) is 9.59 Å². The van der Waals surface area contributed by atoms with Crippen LogP contribution in [0.25, 0.3) is 10.8 Å². The second kappa shape index (κ2) is 8.56. The maximum absolute atomic E-state index is 11.9. The first kappa shape index (κ1) is 21.3. The lowest BCUT2D eigenvalue weighted by Crippen LogP contribution is -3.00. The van der Waals surface area contributed by atoms with Crippen molar-refractivity contribution in [3.63, 3.8) is 0 Å². The maximum atomic E-state index is 11.9. The average Bonchev–Trinajstić information content (AvgIpc) is 2.84. The number of esters is 1. The molecule has 2 aromatic carbocycles. The van der Waals surface area contributed by atoms with Gasteiger partial charge in [0.2, 0.25) is 0 Å². The van der Waals surface area contributed by atoms with Gasteiger partial charge in [-0.15, -0.1) is 0 Å². The van der Waals surface area contributed by atoms with Crippen molar-refractivity contribution in [2.45, 2.75) is 50.4 Å². The molecule has 2 aliphatic rings. The fraction of sp³-hybridized carbons (Fsp3) is 0.391. The Bertz CT molecular complexity index is 922. The number of ether oxygens (including phenoxy) is 1. The third-order valence-corrected chi connectivity index (χ3v) is 6.61. The minimum absolute atomic E-state index is 0. The second-order valence-electron chi connectivity index (χ2n) is 8.23. The van der Waals surface area contributed by atoms with Gasteiger partial charge in [0.15, 0.2) is 0 Å². The van der Waals surface area contributed by atoms with E-state index in [0.717, 1.165) is 48.9 Å². The number of benzene rings is 2. The van der Waals surface area contributed by atoms with Crippen molar-refractivity contribution >= 4 is 22.7 Å². The molecule has 2 heterocycles. The van der Waals surface area contributed by atoms with Gasteiger partial charge in [0.1, 0.15) is 12.6 Å². The minimum Gasteiger partial charge on any atom is -1.00 e. The summed E-state index contributed by atoms with van der Waals surface area (Å²) in [5.74, 6) is -1.70. The first-order valence-corrected chi connectivity index (χ1v) is 9.89. The summed E-state index contributed by atoms with van der Waals surface area (Å²) in [6.45, 7) is 0.982. The Kier molecular flexibility index (Phi) is 6.30. The predicted octanol–water partition coefficient (Wildman–Crippen LogP) is 0.668.